The number of rotatable bonds is 6. The predicted molar refractivity (Wildman–Crippen MR) is 79.5 cm³/mol. The molecule has 0 aliphatic carbocycles. The van der Waals surface area contributed by atoms with Gasteiger partial charge in [0.25, 0.3) is 0 Å². The SMILES string of the molecule is Cc1ccccc1Cc1noc(C(CN)CC(C)C)n1. The smallest absolute Gasteiger partial charge is 0.231 e. The van der Waals surface area contributed by atoms with E-state index in [0.29, 0.717) is 24.8 Å². The number of nitrogens with zero attached hydrogens (tertiary/aromatic N) is 2. The third kappa shape index (κ3) is 3.67. The molecule has 108 valence electrons. The lowest BCUT2D eigenvalue weighted by Crippen LogP contribution is -2.15. The lowest BCUT2D eigenvalue weighted by atomic mass is 9.97. The Bertz CT molecular complexity index is 548. The lowest BCUT2D eigenvalue weighted by Gasteiger charge is -2.11. The van der Waals surface area contributed by atoms with E-state index < -0.39 is 0 Å². The van der Waals surface area contributed by atoms with Crippen LogP contribution >= 0.6 is 0 Å². The van der Waals surface area contributed by atoms with Gasteiger partial charge >= 0.3 is 0 Å². The van der Waals surface area contributed by atoms with E-state index in [9.17, 15) is 0 Å². The van der Waals surface area contributed by atoms with Crippen LogP contribution in [0, 0.1) is 12.8 Å². The third-order valence-corrected chi connectivity index (χ3v) is 3.48. The summed E-state index contributed by atoms with van der Waals surface area (Å²) in [4.78, 5) is 4.51. The predicted octanol–water partition coefficient (Wildman–Crippen LogP) is 3.06. The van der Waals surface area contributed by atoms with Crippen LogP contribution in [0.2, 0.25) is 0 Å². The van der Waals surface area contributed by atoms with E-state index in [1.54, 1.807) is 0 Å². The van der Waals surface area contributed by atoms with Gasteiger partial charge in [-0.1, -0.05) is 43.3 Å². The molecule has 0 amide bonds. The van der Waals surface area contributed by atoms with Gasteiger partial charge in [-0.15, -0.1) is 0 Å². The molecule has 0 fully saturated rings. The van der Waals surface area contributed by atoms with Gasteiger partial charge in [0.2, 0.25) is 5.89 Å². The van der Waals surface area contributed by atoms with Gasteiger partial charge in [-0.3, -0.25) is 0 Å². The van der Waals surface area contributed by atoms with Gasteiger partial charge in [0.15, 0.2) is 5.82 Å². The van der Waals surface area contributed by atoms with Crippen LogP contribution in [-0.2, 0) is 6.42 Å². The molecule has 0 bridgehead atoms. The number of hydrogen-bond donors (Lipinski definition) is 1. The molecule has 0 radical (unpaired) electrons. The van der Waals surface area contributed by atoms with Crippen LogP contribution in [0.1, 0.15) is 49.0 Å². The molecule has 2 rings (SSSR count). The zero-order valence-corrected chi connectivity index (χ0v) is 12.5. The Morgan fingerprint density at radius 1 is 1.25 bits per heavy atom. The summed E-state index contributed by atoms with van der Waals surface area (Å²) in [5.41, 5.74) is 8.29. The molecule has 1 aromatic heterocycles. The standard InChI is InChI=1S/C16H23N3O/c1-11(2)8-14(10-17)16-18-15(19-20-16)9-13-7-5-4-6-12(13)3/h4-7,11,14H,8-10,17H2,1-3H3. The second kappa shape index (κ2) is 6.66. The van der Waals surface area contributed by atoms with Crippen molar-refractivity contribution in [2.45, 2.75) is 39.5 Å². The maximum absolute atomic E-state index is 5.81. The summed E-state index contributed by atoms with van der Waals surface area (Å²) in [6, 6.07) is 8.26. The highest BCUT2D eigenvalue weighted by molar-refractivity contribution is 5.28. The van der Waals surface area contributed by atoms with E-state index in [2.05, 4.69) is 43.0 Å². The molecule has 0 saturated carbocycles. The summed E-state index contributed by atoms with van der Waals surface area (Å²) in [6.45, 7) is 6.99. The Hall–Kier alpha value is -1.68. The highest BCUT2D eigenvalue weighted by Gasteiger charge is 2.19. The molecule has 1 unspecified atom stereocenters. The first-order chi connectivity index (χ1) is 9.60. The largest absolute Gasteiger partial charge is 0.339 e. The highest BCUT2D eigenvalue weighted by atomic mass is 16.5. The minimum Gasteiger partial charge on any atom is -0.339 e. The molecule has 20 heavy (non-hydrogen) atoms. The van der Waals surface area contributed by atoms with Crippen molar-refractivity contribution in [1.29, 1.82) is 0 Å². The second-order valence-electron chi connectivity index (χ2n) is 5.71. The zero-order chi connectivity index (χ0) is 14.5. The molecule has 2 aromatic rings. The number of aromatic nitrogens is 2. The molecule has 0 spiro atoms. The van der Waals surface area contributed by atoms with Gasteiger partial charge in [0.05, 0.1) is 5.92 Å². The summed E-state index contributed by atoms with van der Waals surface area (Å²) in [7, 11) is 0. The second-order valence-corrected chi connectivity index (χ2v) is 5.71. The number of aryl methyl sites for hydroxylation is 1. The molecule has 0 aliphatic rings. The molecule has 2 N–H and O–H groups in total. The lowest BCUT2D eigenvalue weighted by molar-refractivity contribution is 0.332. The Kier molecular flexibility index (Phi) is 4.90. The van der Waals surface area contributed by atoms with Gasteiger partial charge in [0.1, 0.15) is 0 Å². The summed E-state index contributed by atoms with van der Waals surface area (Å²) in [5.74, 6) is 2.13. The molecule has 4 nitrogen and oxygen atoms in total. The van der Waals surface area contributed by atoms with E-state index >= 15 is 0 Å². The number of nitrogens with two attached hydrogens (primary N) is 1. The van der Waals surface area contributed by atoms with Crippen LogP contribution in [0.3, 0.4) is 0 Å². The molecule has 0 saturated heterocycles. The van der Waals surface area contributed by atoms with E-state index in [0.717, 1.165) is 12.2 Å². The quantitative estimate of drug-likeness (QED) is 0.878. The molecule has 1 aromatic carbocycles. The number of hydrogen-bond acceptors (Lipinski definition) is 4. The zero-order valence-electron chi connectivity index (χ0n) is 12.5. The van der Waals surface area contributed by atoms with E-state index in [4.69, 9.17) is 10.3 Å². The fraction of sp³-hybridized carbons (Fsp3) is 0.500. The molecular formula is C16H23N3O. The van der Waals surface area contributed by atoms with E-state index in [-0.39, 0.29) is 5.92 Å². The van der Waals surface area contributed by atoms with E-state index in [1.807, 2.05) is 12.1 Å². The van der Waals surface area contributed by atoms with Crippen LogP contribution in [0.25, 0.3) is 0 Å². The Labute approximate surface area is 120 Å². The van der Waals surface area contributed by atoms with Crippen LogP contribution in [0.15, 0.2) is 28.8 Å². The summed E-state index contributed by atoms with van der Waals surface area (Å²) in [6.07, 6.45) is 1.68. The molecule has 4 heteroatoms. The minimum atomic E-state index is 0.160. The van der Waals surface area contributed by atoms with Crippen LogP contribution < -0.4 is 5.73 Å². The number of benzene rings is 1. The van der Waals surface area contributed by atoms with Crippen LogP contribution in [0.5, 0.6) is 0 Å². The van der Waals surface area contributed by atoms with Crippen molar-refractivity contribution in [3.05, 3.63) is 47.1 Å². The maximum Gasteiger partial charge on any atom is 0.231 e. The monoisotopic (exact) mass is 273 g/mol. The topological polar surface area (TPSA) is 64.9 Å². The van der Waals surface area contributed by atoms with Crippen molar-refractivity contribution in [2.24, 2.45) is 11.7 Å². The van der Waals surface area contributed by atoms with Gasteiger partial charge in [0, 0.05) is 13.0 Å². The minimum absolute atomic E-state index is 0.160. The highest BCUT2D eigenvalue weighted by Crippen LogP contribution is 2.22. The molecule has 1 atom stereocenters. The van der Waals surface area contributed by atoms with Crippen molar-refractivity contribution in [1.82, 2.24) is 10.1 Å². The average molecular weight is 273 g/mol. The van der Waals surface area contributed by atoms with Gasteiger partial charge in [-0.25, -0.2) is 0 Å². The molecular weight excluding hydrogens is 250 g/mol. The van der Waals surface area contributed by atoms with Crippen LogP contribution in [-0.4, -0.2) is 16.7 Å². The van der Waals surface area contributed by atoms with Crippen molar-refractivity contribution in [3.63, 3.8) is 0 Å². The first kappa shape index (κ1) is 14.7. The summed E-state index contributed by atoms with van der Waals surface area (Å²) < 4.78 is 5.39. The van der Waals surface area contributed by atoms with Gasteiger partial charge < -0.3 is 10.3 Å². The summed E-state index contributed by atoms with van der Waals surface area (Å²) in [5, 5.41) is 4.09. The first-order valence-electron chi connectivity index (χ1n) is 7.17. The van der Waals surface area contributed by atoms with Gasteiger partial charge in [-0.2, -0.15) is 4.98 Å². The van der Waals surface area contributed by atoms with Crippen molar-refractivity contribution < 1.29 is 4.52 Å². The summed E-state index contributed by atoms with van der Waals surface area (Å²) >= 11 is 0. The Morgan fingerprint density at radius 2 is 2.00 bits per heavy atom. The van der Waals surface area contributed by atoms with Gasteiger partial charge in [-0.05, 0) is 30.4 Å². The third-order valence-electron chi connectivity index (χ3n) is 3.48. The molecule has 1 heterocycles. The molecule has 0 aliphatic heterocycles. The maximum atomic E-state index is 5.81. The Balaban J connectivity index is 2.10. The average Bonchev–Trinajstić information content (AvgIpc) is 2.87. The first-order valence-corrected chi connectivity index (χ1v) is 7.17. The Morgan fingerprint density at radius 3 is 2.65 bits per heavy atom. The van der Waals surface area contributed by atoms with Crippen molar-refractivity contribution in [3.8, 4) is 0 Å². The van der Waals surface area contributed by atoms with Crippen molar-refractivity contribution in [2.75, 3.05) is 6.54 Å². The van der Waals surface area contributed by atoms with E-state index in [1.165, 1.54) is 11.1 Å². The van der Waals surface area contributed by atoms with Crippen molar-refractivity contribution >= 4 is 0 Å². The fourth-order valence-corrected chi connectivity index (χ4v) is 2.35. The normalized spacial score (nSPS) is 12.8. The van der Waals surface area contributed by atoms with Crippen LogP contribution in [0.4, 0.5) is 0 Å². The fourth-order valence-electron chi connectivity index (χ4n) is 2.35.